The fourth-order valence-electron chi connectivity index (χ4n) is 2.89. The van der Waals surface area contributed by atoms with Crippen molar-refractivity contribution >= 4 is 17.4 Å². The highest BCUT2D eigenvalue weighted by Gasteiger charge is 2.16. The summed E-state index contributed by atoms with van der Waals surface area (Å²) in [5.74, 6) is -0.503. The first kappa shape index (κ1) is 19.0. The lowest BCUT2D eigenvalue weighted by molar-refractivity contribution is -0.384. The Labute approximate surface area is 169 Å². The zero-order valence-corrected chi connectivity index (χ0v) is 15.7. The van der Waals surface area contributed by atoms with Crippen LogP contribution in [0.25, 0.3) is 11.4 Å². The summed E-state index contributed by atoms with van der Waals surface area (Å²) >= 11 is 0. The Morgan fingerprint density at radius 1 is 1.07 bits per heavy atom. The van der Waals surface area contributed by atoms with Crippen LogP contribution >= 0.6 is 0 Å². The van der Waals surface area contributed by atoms with Crippen LogP contribution in [0.5, 0.6) is 0 Å². The lowest BCUT2D eigenvalue weighted by Gasteiger charge is -2.08. The molecule has 1 N–H and O–H groups in total. The zero-order chi connectivity index (χ0) is 21.3. The van der Waals surface area contributed by atoms with Crippen LogP contribution in [0.1, 0.15) is 16.2 Å². The molecule has 0 unspecified atom stereocenters. The number of amides is 1. The Morgan fingerprint density at radius 2 is 1.83 bits per heavy atom. The molecule has 1 amide bonds. The highest BCUT2D eigenvalue weighted by molar-refractivity contribution is 6.02. The second-order valence-electron chi connectivity index (χ2n) is 6.44. The van der Waals surface area contributed by atoms with Crippen LogP contribution in [-0.2, 0) is 0 Å². The van der Waals surface area contributed by atoms with E-state index in [9.17, 15) is 19.3 Å². The molecule has 2 heterocycles. The van der Waals surface area contributed by atoms with Gasteiger partial charge in [-0.15, -0.1) is 0 Å². The number of carbonyl (C=O) groups is 1. The lowest BCUT2D eigenvalue weighted by atomic mass is 10.3. The summed E-state index contributed by atoms with van der Waals surface area (Å²) in [6.07, 6.45) is 1.56. The maximum Gasteiger partial charge on any atom is 0.277 e. The molecule has 0 fully saturated rings. The molecule has 2 aromatic heterocycles. The molecule has 9 nitrogen and oxygen atoms in total. The topological polar surface area (TPSA) is 108 Å². The molecule has 0 saturated carbocycles. The van der Waals surface area contributed by atoms with Gasteiger partial charge in [0.15, 0.2) is 5.69 Å². The molecule has 2 aromatic carbocycles. The van der Waals surface area contributed by atoms with Gasteiger partial charge in [-0.3, -0.25) is 14.9 Å². The van der Waals surface area contributed by atoms with Crippen molar-refractivity contribution in [2.45, 2.75) is 6.92 Å². The molecule has 0 radical (unpaired) electrons. The van der Waals surface area contributed by atoms with Gasteiger partial charge in [0, 0.05) is 24.4 Å². The summed E-state index contributed by atoms with van der Waals surface area (Å²) in [6.45, 7) is 1.76. The Bertz CT molecular complexity index is 1250. The maximum atomic E-state index is 13.4. The van der Waals surface area contributed by atoms with E-state index in [0.717, 1.165) is 0 Å². The number of anilines is 1. The van der Waals surface area contributed by atoms with E-state index in [0.29, 0.717) is 22.9 Å². The first-order chi connectivity index (χ1) is 14.4. The number of benzene rings is 2. The van der Waals surface area contributed by atoms with Crippen molar-refractivity contribution in [3.05, 3.63) is 94.2 Å². The van der Waals surface area contributed by atoms with Crippen LogP contribution in [0.15, 0.2) is 66.9 Å². The number of rotatable bonds is 5. The molecule has 0 aliphatic carbocycles. The van der Waals surface area contributed by atoms with E-state index >= 15 is 0 Å². The Balaban J connectivity index is 1.58. The summed E-state index contributed by atoms with van der Waals surface area (Å²) in [4.78, 5) is 23.0. The van der Waals surface area contributed by atoms with Gasteiger partial charge in [-0.2, -0.15) is 10.2 Å². The van der Waals surface area contributed by atoms with Gasteiger partial charge < -0.3 is 5.32 Å². The number of nitrogens with zero attached hydrogens (tertiary/aromatic N) is 5. The molecule has 4 aromatic rings. The Kier molecular flexibility index (Phi) is 4.80. The number of aromatic nitrogens is 4. The molecule has 0 saturated heterocycles. The van der Waals surface area contributed by atoms with E-state index in [4.69, 9.17) is 0 Å². The van der Waals surface area contributed by atoms with Gasteiger partial charge in [0.25, 0.3) is 11.6 Å². The Morgan fingerprint density at radius 3 is 2.53 bits per heavy atom. The van der Waals surface area contributed by atoms with E-state index < -0.39 is 16.6 Å². The molecule has 30 heavy (non-hydrogen) atoms. The number of carbonyl (C=O) groups excluding carboxylic acids is 1. The van der Waals surface area contributed by atoms with Gasteiger partial charge >= 0.3 is 0 Å². The van der Waals surface area contributed by atoms with E-state index in [1.165, 1.54) is 39.7 Å². The van der Waals surface area contributed by atoms with Crippen LogP contribution in [0, 0.1) is 22.9 Å². The van der Waals surface area contributed by atoms with Gasteiger partial charge in [0.1, 0.15) is 11.6 Å². The fourth-order valence-corrected chi connectivity index (χ4v) is 2.89. The van der Waals surface area contributed by atoms with Gasteiger partial charge in [0.2, 0.25) is 0 Å². The van der Waals surface area contributed by atoms with Crippen molar-refractivity contribution in [3.63, 3.8) is 0 Å². The molecule has 150 valence electrons. The largest absolute Gasteiger partial charge is 0.305 e. The average molecular weight is 406 g/mol. The minimum absolute atomic E-state index is 0.0453. The van der Waals surface area contributed by atoms with Gasteiger partial charge in [-0.25, -0.2) is 13.8 Å². The van der Waals surface area contributed by atoms with E-state index in [1.54, 1.807) is 43.5 Å². The second kappa shape index (κ2) is 7.59. The van der Waals surface area contributed by atoms with Crippen LogP contribution in [0.4, 0.5) is 15.9 Å². The molecule has 4 rings (SSSR count). The average Bonchev–Trinajstić information content (AvgIpc) is 3.35. The second-order valence-corrected chi connectivity index (χ2v) is 6.44. The van der Waals surface area contributed by atoms with Gasteiger partial charge in [-0.1, -0.05) is 6.07 Å². The monoisotopic (exact) mass is 406 g/mol. The van der Waals surface area contributed by atoms with Crippen molar-refractivity contribution in [2.75, 3.05) is 5.32 Å². The molecule has 10 heteroatoms. The van der Waals surface area contributed by atoms with E-state index in [1.807, 2.05) is 0 Å². The minimum Gasteiger partial charge on any atom is -0.305 e. The quantitative estimate of drug-likeness (QED) is 0.402. The predicted molar refractivity (Wildman–Crippen MR) is 106 cm³/mol. The predicted octanol–water partition coefficient (Wildman–Crippen LogP) is 3.67. The molecule has 0 spiro atoms. The van der Waals surface area contributed by atoms with Gasteiger partial charge in [-0.05, 0) is 43.3 Å². The molecule has 0 aliphatic rings. The SMILES string of the molecule is Cc1cc(NC(=O)c2ccn(-c3cccc(F)c3)n2)n(-c2ccc([N+](=O)[O-])cc2)n1. The zero-order valence-electron chi connectivity index (χ0n) is 15.7. The van der Waals surface area contributed by atoms with Crippen molar-refractivity contribution < 1.29 is 14.1 Å². The molecular weight excluding hydrogens is 391 g/mol. The highest BCUT2D eigenvalue weighted by atomic mass is 19.1. The molecular formula is C20H15FN6O3. The molecule has 0 aliphatic heterocycles. The summed E-state index contributed by atoms with van der Waals surface area (Å²) in [7, 11) is 0. The number of nitro benzene ring substituents is 1. The Hall–Kier alpha value is -4.34. The summed E-state index contributed by atoms with van der Waals surface area (Å²) in [5.41, 5.74) is 1.77. The number of nitro groups is 1. The van der Waals surface area contributed by atoms with E-state index in [2.05, 4.69) is 15.5 Å². The number of aryl methyl sites for hydroxylation is 1. The number of halogens is 1. The summed E-state index contributed by atoms with van der Waals surface area (Å²) in [5, 5.41) is 22.1. The van der Waals surface area contributed by atoms with Crippen molar-refractivity contribution in [3.8, 4) is 11.4 Å². The van der Waals surface area contributed by atoms with Crippen LogP contribution in [0.2, 0.25) is 0 Å². The van der Waals surface area contributed by atoms with Crippen LogP contribution in [0.3, 0.4) is 0 Å². The highest BCUT2D eigenvalue weighted by Crippen LogP contribution is 2.21. The van der Waals surface area contributed by atoms with Crippen molar-refractivity contribution in [1.82, 2.24) is 19.6 Å². The lowest BCUT2D eigenvalue weighted by Crippen LogP contribution is -2.16. The van der Waals surface area contributed by atoms with Crippen LogP contribution < -0.4 is 5.32 Å². The van der Waals surface area contributed by atoms with E-state index in [-0.39, 0.29) is 11.4 Å². The third kappa shape index (κ3) is 3.78. The first-order valence-electron chi connectivity index (χ1n) is 8.85. The number of hydrogen-bond donors (Lipinski definition) is 1. The minimum atomic E-state index is -0.490. The van der Waals surface area contributed by atoms with Crippen LogP contribution in [-0.4, -0.2) is 30.4 Å². The summed E-state index contributed by atoms with van der Waals surface area (Å²) in [6, 6.07) is 14.8. The number of hydrogen-bond acceptors (Lipinski definition) is 5. The fraction of sp³-hybridized carbons (Fsp3) is 0.0500. The third-order valence-electron chi connectivity index (χ3n) is 4.27. The number of nitrogens with one attached hydrogen (secondary N) is 1. The normalized spacial score (nSPS) is 10.7. The third-order valence-corrected chi connectivity index (χ3v) is 4.27. The maximum absolute atomic E-state index is 13.4. The molecule has 0 atom stereocenters. The smallest absolute Gasteiger partial charge is 0.277 e. The van der Waals surface area contributed by atoms with Crippen molar-refractivity contribution in [1.29, 1.82) is 0 Å². The first-order valence-corrected chi connectivity index (χ1v) is 8.85. The van der Waals surface area contributed by atoms with Gasteiger partial charge in [0.05, 0.1) is 22.0 Å². The number of non-ortho nitro benzene ring substituents is 1. The van der Waals surface area contributed by atoms with Crippen molar-refractivity contribution in [2.24, 2.45) is 0 Å². The standard InChI is InChI=1S/C20H15FN6O3/c1-13-11-19(26(23-13)15-5-7-16(8-6-15)27(29)30)22-20(28)18-9-10-25(24-18)17-4-2-3-14(21)12-17/h2-12H,1H3,(H,22,28). The summed E-state index contributed by atoms with van der Waals surface area (Å²) < 4.78 is 16.3. The molecule has 0 bridgehead atoms.